The molecule has 1 N–H and O–H groups in total. The summed E-state index contributed by atoms with van der Waals surface area (Å²) in [7, 11) is 0. The number of nitrogens with zero attached hydrogens (tertiary/aromatic N) is 2. The Morgan fingerprint density at radius 3 is 2.81 bits per heavy atom. The number of hydrogen-bond acceptors (Lipinski definition) is 3. The van der Waals surface area contributed by atoms with E-state index in [2.05, 4.69) is 17.2 Å². The Labute approximate surface area is 130 Å². The van der Waals surface area contributed by atoms with Gasteiger partial charge < -0.3 is 9.88 Å². The molecule has 2 aromatic rings. The van der Waals surface area contributed by atoms with Gasteiger partial charge in [0, 0.05) is 25.0 Å². The van der Waals surface area contributed by atoms with Crippen LogP contribution in [0.3, 0.4) is 0 Å². The van der Waals surface area contributed by atoms with E-state index < -0.39 is 0 Å². The molecule has 1 aromatic carbocycles. The molecule has 0 atom stereocenters. The van der Waals surface area contributed by atoms with E-state index in [1.165, 1.54) is 5.56 Å². The Morgan fingerprint density at radius 2 is 2.19 bits per heavy atom. The number of nitrogens with one attached hydrogen (secondary N) is 1. The van der Waals surface area contributed by atoms with Crippen molar-refractivity contribution < 1.29 is 4.79 Å². The third-order valence-corrected chi connectivity index (χ3v) is 3.80. The molecular formula is C16H20ClN3O. The van der Waals surface area contributed by atoms with Crippen LogP contribution in [-0.4, -0.2) is 21.9 Å². The fourth-order valence-electron chi connectivity index (χ4n) is 2.26. The first-order chi connectivity index (χ1) is 10.1. The molecular weight excluding hydrogens is 286 g/mol. The minimum atomic E-state index is 0.0932. The zero-order valence-electron chi connectivity index (χ0n) is 12.4. The quantitative estimate of drug-likeness (QED) is 0.867. The highest BCUT2D eigenvalue weighted by Crippen LogP contribution is 2.14. The molecule has 0 saturated heterocycles. The average Bonchev–Trinajstić information content (AvgIpc) is 2.92. The predicted molar refractivity (Wildman–Crippen MR) is 84.8 cm³/mol. The van der Waals surface area contributed by atoms with Crippen LogP contribution in [0.1, 0.15) is 35.7 Å². The molecule has 0 unspecified atom stereocenters. The number of hydrogen-bond donors (Lipinski definition) is 1. The van der Waals surface area contributed by atoms with Gasteiger partial charge in [-0.3, -0.25) is 4.79 Å². The highest BCUT2D eigenvalue weighted by Gasteiger charge is 2.15. The van der Waals surface area contributed by atoms with Crippen LogP contribution in [-0.2, 0) is 19.5 Å². The van der Waals surface area contributed by atoms with Crippen LogP contribution < -0.4 is 5.32 Å². The minimum absolute atomic E-state index is 0.0932. The highest BCUT2D eigenvalue weighted by molar-refractivity contribution is 6.31. The lowest BCUT2D eigenvalue weighted by atomic mass is 10.2. The second-order valence-electron chi connectivity index (χ2n) is 4.89. The highest BCUT2D eigenvalue weighted by atomic mass is 35.5. The number of fused-ring (bicyclic) bond motifs is 1. The Hall–Kier alpha value is -1.65. The topological polar surface area (TPSA) is 46.9 Å². The predicted octanol–water partition coefficient (Wildman–Crippen LogP) is 3.09. The largest absolute Gasteiger partial charge is 0.323 e. The first-order valence-electron chi connectivity index (χ1n) is 7.13. The summed E-state index contributed by atoms with van der Waals surface area (Å²) in [5.74, 6) is 1.06. The van der Waals surface area contributed by atoms with E-state index in [4.69, 9.17) is 11.6 Å². The number of carbonyl (C=O) groups excluding carboxylic acids is 1. The summed E-state index contributed by atoms with van der Waals surface area (Å²) < 4.78 is 1.98. The van der Waals surface area contributed by atoms with Crippen molar-refractivity contribution in [2.75, 3.05) is 6.54 Å². The zero-order chi connectivity index (χ0) is 15.2. The van der Waals surface area contributed by atoms with Gasteiger partial charge in [0.1, 0.15) is 11.5 Å². The second-order valence-corrected chi connectivity index (χ2v) is 5.30. The van der Waals surface area contributed by atoms with Gasteiger partial charge in [0.25, 0.3) is 0 Å². The SMILES string of the molecule is CC(=O)c1cnc2n1CCNC2.CCc1ccccc1Cl. The number of Topliss-reactive ketones (excluding diaryl/α,β-unsaturated/α-hetero) is 1. The molecule has 112 valence electrons. The summed E-state index contributed by atoms with van der Waals surface area (Å²) in [5.41, 5.74) is 1.95. The van der Waals surface area contributed by atoms with Gasteiger partial charge in [-0.15, -0.1) is 0 Å². The summed E-state index contributed by atoms with van der Waals surface area (Å²) in [6.07, 6.45) is 2.67. The van der Waals surface area contributed by atoms with E-state index in [1.54, 1.807) is 13.1 Å². The van der Waals surface area contributed by atoms with E-state index >= 15 is 0 Å². The summed E-state index contributed by atoms with van der Waals surface area (Å²) >= 11 is 5.82. The molecule has 1 aliphatic rings. The third-order valence-electron chi connectivity index (χ3n) is 3.43. The van der Waals surface area contributed by atoms with Crippen molar-refractivity contribution in [1.29, 1.82) is 0 Å². The maximum atomic E-state index is 11.1. The third kappa shape index (κ3) is 3.93. The Balaban J connectivity index is 0.000000161. The lowest BCUT2D eigenvalue weighted by Crippen LogP contribution is -2.29. The Morgan fingerprint density at radius 1 is 1.43 bits per heavy atom. The van der Waals surface area contributed by atoms with Crippen LogP contribution in [0.4, 0.5) is 0 Å². The zero-order valence-corrected chi connectivity index (χ0v) is 13.2. The Bertz CT molecular complexity index is 622. The van der Waals surface area contributed by atoms with Crippen LogP contribution in [0, 0.1) is 0 Å². The van der Waals surface area contributed by atoms with Gasteiger partial charge in [-0.25, -0.2) is 4.98 Å². The van der Waals surface area contributed by atoms with E-state index in [1.807, 2.05) is 28.8 Å². The fraction of sp³-hybridized carbons (Fsp3) is 0.375. The van der Waals surface area contributed by atoms with Crippen LogP contribution >= 0.6 is 11.6 Å². The van der Waals surface area contributed by atoms with Crippen LogP contribution in [0.5, 0.6) is 0 Å². The fourth-order valence-corrected chi connectivity index (χ4v) is 2.53. The molecule has 5 heteroatoms. The summed E-state index contributed by atoms with van der Waals surface area (Å²) in [6.45, 7) is 6.22. The molecule has 0 amide bonds. The van der Waals surface area contributed by atoms with Gasteiger partial charge in [0.15, 0.2) is 5.78 Å². The molecule has 0 bridgehead atoms. The number of carbonyl (C=O) groups is 1. The number of aromatic nitrogens is 2. The lowest BCUT2D eigenvalue weighted by molar-refractivity contribution is 0.100. The first kappa shape index (κ1) is 15.7. The lowest BCUT2D eigenvalue weighted by Gasteiger charge is -2.16. The summed E-state index contributed by atoms with van der Waals surface area (Å²) in [4.78, 5) is 15.3. The Kier molecular flexibility index (Phi) is 5.53. The number of halogens is 1. The smallest absolute Gasteiger partial charge is 0.177 e. The maximum absolute atomic E-state index is 11.1. The van der Waals surface area contributed by atoms with Crippen molar-refractivity contribution in [1.82, 2.24) is 14.9 Å². The van der Waals surface area contributed by atoms with Gasteiger partial charge in [0.05, 0.1) is 12.7 Å². The molecule has 21 heavy (non-hydrogen) atoms. The molecule has 0 aliphatic carbocycles. The van der Waals surface area contributed by atoms with E-state index in [-0.39, 0.29) is 5.78 Å². The molecule has 2 heterocycles. The van der Waals surface area contributed by atoms with Crippen molar-refractivity contribution in [2.24, 2.45) is 0 Å². The molecule has 0 fully saturated rings. The number of benzene rings is 1. The van der Waals surface area contributed by atoms with Crippen molar-refractivity contribution in [3.05, 3.63) is 52.6 Å². The standard InChI is InChI=1S/C8H9Cl.C8H11N3O/c1-2-7-5-3-4-6-8(7)9;1-6(12)7-4-10-8-5-9-2-3-11(7)8/h3-6H,2H2,1H3;4,9H,2-3,5H2,1H3. The van der Waals surface area contributed by atoms with Crippen LogP contribution in [0.25, 0.3) is 0 Å². The van der Waals surface area contributed by atoms with Gasteiger partial charge in [-0.05, 0) is 18.1 Å². The maximum Gasteiger partial charge on any atom is 0.177 e. The van der Waals surface area contributed by atoms with Crippen molar-refractivity contribution in [3.63, 3.8) is 0 Å². The molecule has 1 aromatic heterocycles. The normalized spacial score (nSPS) is 13.1. The van der Waals surface area contributed by atoms with Gasteiger partial charge in [-0.2, -0.15) is 0 Å². The number of rotatable bonds is 2. The van der Waals surface area contributed by atoms with Crippen molar-refractivity contribution in [3.8, 4) is 0 Å². The van der Waals surface area contributed by atoms with Gasteiger partial charge in [0.2, 0.25) is 0 Å². The first-order valence-corrected chi connectivity index (χ1v) is 7.50. The van der Waals surface area contributed by atoms with E-state index in [9.17, 15) is 4.79 Å². The monoisotopic (exact) mass is 305 g/mol. The average molecular weight is 306 g/mol. The minimum Gasteiger partial charge on any atom is -0.323 e. The summed E-state index contributed by atoms with van der Waals surface area (Å²) in [6, 6.07) is 7.91. The molecule has 4 nitrogen and oxygen atoms in total. The molecule has 0 saturated carbocycles. The van der Waals surface area contributed by atoms with Crippen LogP contribution in [0.15, 0.2) is 30.5 Å². The second kappa shape index (κ2) is 7.38. The molecule has 1 aliphatic heterocycles. The summed E-state index contributed by atoms with van der Waals surface area (Å²) in [5, 5.41) is 4.07. The van der Waals surface area contributed by atoms with Crippen molar-refractivity contribution in [2.45, 2.75) is 33.4 Å². The van der Waals surface area contributed by atoms with Crippen LogP contribution in [0.2, 0.25) is 5.02 Å². The van der Waals surface area contributed by atoms with Crippen molar-refractivity contribution >= 4 is 17.4 Å². The van der Waals surface area contributed by atoms with Gasteiger partial charge in [-0.1, -0.05) is 36.7 Å². The van der Waals surface area contributed by atoms with E-state index in [0.29, 0.717) is 0 Å². The number of ketones is 1. The number of imidazole rings is 1. The molecule has 0 radical (unpaired) electrons. The number of aryl methyl sites for hydroxylation is 1. The molecule has 3 rings (SSSR count). The van der Waals surface area contributed by atoms with Gasteiger partial charge >= 0.3 is 0 Å². The van der Waals surface area contributed by atoms with E-state index in [0.717, 1.165) is 42.6 Å². The molecule has 0 spiro atoms.